The Hall–Kier alpha value is -3.09. The number of ether oxygens (including phenoxy) is 1. The summed E-state index contributed by atoms with van der Waals surface area (Å²) < 4.78 is 5.48. The van der Waals surface area contributed by atoms with Gasteiger partial charge >= 0.3 is 6.09 Å². The number of hydrogen-bond donors (Lipinski definition) is 1. The number of carbonyl (C=O) groups excluding carboxylic acids is 1. The summed E-state index contributed by atoms with van der Waals surface area (Å²) in [6, 6.07) is 11.8. The van der Waals surface area contributed by atoms with E-state index < -0.39 is 0 Å². The molecule has 0 saturated carbocycles. The smallest absolute Gasteiger partial charge is 0.410 e. The van der Waals surface area contributed by atoms with Crippen molar-refractivity contribution in [1.82, 2.24) is 19.9 Å². The zero-order valence-electron chi connectivity index (χ0n) is 15.0. The van der Waals surface area contributed by atoms with Gasteiger partial charge in [-0.3, -0.25) is 0 Å². The van der Waals surface area contributed by atoms with Gasteiger partial charge in [-0.2, -0.15) is 0 Å². The van der Waals surface area contributed by atoms with Gasteiger partial charge < -0.3 is 19.5 Å². The molecule has 0 atom stereocenters. The first-order valence-electron chi connectivity index (χ1n) is 9.21. The summed E-state index contributed by atoms with van der Waals surface area (Å²) in [6.07, 6.45) is 4.27. The normalized spacial score (nSPS) is 18.1. The Bertz CT molecular complexity index is 965. The minimum Gasteiger partial charge on any atom is -0.445 e. The van der Waals surface area contributed by atoms with Gasteiger partial charge in [0.15, 0.2) is 0 Å². The van der Waals surface area contributed by atoms with Crippen molar-refractivity contribution in [2.75, 3.05) is 31.1 Å². The molecule has 0 bridgehead atoms. The molecule has 1 aromatic carbocycles. The zero-order chi connectivity index (χ0) is 18.3. The average molecular weight is 363 g/mol. The third-order valence-electron chi connectivity index (χ3n) is 5.59. The summed E-state index contributed by atoms with van der Waals surface area (Å²) in [7, 11) is 0. The molecule has 2 aliphatic rings. The van der Waals surface area contributed by atoms with E-state index in [9.17, 15) is 4.79 Å². The summed E-state index contributed by atoms with van der Waals surface area (Å²) in [5.74, 6) is 0.969. The third kappa shape index (κ3) is 2.89. The molecule has 1 spiro atoms. The van der Waals surface area contributed by atoms with Crippen LogP contribution < -0.4 is 4.90 Å². The largest absolute Gasteiger partial charge is 0.445 e. The summed E-state index contributed by atoms with van der Waals surface area (Å²) in [4.78, 5) is 28.4. The highest BCUT2D eigenvalue weighted by atomic mass is 16.6. The van der Waals surface area contributed by atoms with Gasteiger partial charge in [-0.05, 0) is 18.1 Å². The molecule has 138 valence electrons. The van der Waals surface area contributed by atoms with E-state index in [1.54, 1.807) is 6.33 Å². The van der Waals surface area contributed by atoms with E-state index in [0.717, 1.165) is 55.0 Å². The van der Waals surface area contributed by atoms with Crippen LogP contribution in [0.1, 0.15) is 12.0 Å². The Morgan fingerprint density at radius 1 is 1.15 bits per heavy atom. The summed E-state index contributed by atoms with van der Waals surface area (Å²) >= 11 is 0. The molecule has 2 saturated heterocycles. The standard InChI is InChI=1S/C20H21N5O2/c26-19(27-10-15-4-2-1-3-5-15)24-9-7-20(11-24)12-25(13-20)18-16-6-8-21-17(16)22-14-23-18/h1-6,8,14H,7,9-13H2,(H,21,22,23). The van der Waals surface area contributed by atoms with Gasteiger partial charge in [-0.25, -0.2) is 14.8 Å². The molecule has 1 amide bonds. The fraction of sp³-hybridized carbons (Fsp3) is 0.350. The van der Waals surface area contributed by atoms with Crippen molar-refractivity contribution in [3.63, 3.8) is 0 Å². The molecule has 5 rings (SSSR count). The lowest BCUT2D eigenvalue weighted by Crippen LogP contribution is -2.58. The molecule has 2 fully saturated rings. The fourth-order valence-corrected chi connectivity index (χ4v) is 4.18. The van der Waals surface area contributed by atoms with Gasteiger partial charge in [0.05, 0.1) is 5.39 Å². The predicted molar refractivity (Wildman–Crippen MR) is 101 cm³/mol. The molecule has 2 aromatic heterocycles. The lowest BCUT2D eigenvalue weighted by molar-refractivity contribution is 0.0970. The Labute approximate surface area is 157 Å². The predicted octanol–water partition coefficient (Wildman–Crippen LogP) is 2.81. The molecule has 0 aliphatic carbocycles. The first kappa shape index (κ1) is 16.1. The van der Waals surface area contributed by atoms with Crippen molar-refractivity contribution in [2.45, 2.75) is 13.0 Å². The van der Waals surface area contributed by atoms with Gasteiger partial charge in [0, 0.05) is 37.8 Å². The van der Waals surface area contributed by atoms with Crippen LogP contribution in [0.2, 0.25) is 0 Å². The van der Waals surface area contributed by atoms with Gasteiger partial charge in [0.2, 0.25) is 0 Å². The highest BCUT2D eigenvalue weighted by molar-refractivity contribution is 5.87. The summed E-state index contributed by atoms with van der Waals surface area (Å²) in [5.41, 5.74) is 2.02. The number of carbonyl (C=O) groups is 1. The number of nitrogens with one attached hydrogen (secondary N) is 1. The van der Waals surface area contributed by atoms with Crippen LogP contribution in [0, 0.1) is 5.41 Å². The Morgan fingerprint density at radius 2 is 2.00 bits per heavy atom. The minimum absolute atomic E-state index is 0.152. The number of H-pyrrole nitrogens is 1. The van der Waals surface area contributed by atoms with Crippen LogP contribution in [-0.2, 0) is 11.3 Å². The highest BCUT2D eigenvalue weighted by Gasteiger charge is 2.49. The van der Waals surface area contributed by atoms with Crippen LogP contribution in [0.4, 0.5) is 10.6 Å². The first-order valence-corrected chi connectivity index (χ1v) is 9.21. The van der Waals surface area contributed by atoms with Crippen molar-refractivity contribution >= 4 is 22.9 Å². The second kappa shape index (κ2) is 6.26. The van der Waals surface area contributed by atoms with Crippen LogP contribution in [-0.4, -0.2) is 52.1 Å². The van der Waals surface area contributed by atoms with Gasteiger partial charge in [-0.1, -0.05) is 30.3 Å². The number of anilines is 1. The number of hydrogen-bond acceptors (Lipinski definition) is 5. The van der Waals surface area contributed by atoms with E-state index in [-0.39, 0.29) is 11.5 Å². The lowest BCUT2D eigenvalue weighted by Gasteiger charge is -2.48. The number of amides is 1. The second-order valence-corrected chi connectivity index (χ2v) is 7.51. The average Bonchev–Trinajstić information content (AvgIpc) is 3.33. The molecule has 7 nitrogen and oxygen atoms in total. The minimum atomic E-state index is -0.218. The molecule has 27 heavy (non-hydrogen) atoms. The number of benzene rings is 1. The van der Waals surface area contributed by atoms with Crippen molar-refractivity contribution < 1.29 is 9.53 Å². The van der Waals surface area contributed by atoms with E-state index >= 15 is 0 Å². The number of rotatable bonds is 3. The Balaban J connectivity index is 1.19. The number of aromatic nitrogens is 3. The molecule has 1 N–H and O–H groups in total. The van der Waals surface area contributed by atoms with Crippen LogP contribution in [0.15, 0.2) is 48.9 Å². The van der Waals surface area contributed by atoms with Crippen molar-refractivity contribution in [1.29, 1.82) is 0 Å². The highest BCUT2D eigenvalue weighted by Crippen LogP contribution is 2.42. The van der Waals surface area contributed by atoms with Crippen LogP contribution in [0.25, 0.3) is 11.0 Å². The molecule has 0 unspecified atom stereocenters. The first-order chi connectivity index (χ1) is 13.2. The van der Waals surface area contributed by atoms with Crippen LogP contribution in [0.5, 0.6) is 0 Å². The molecule has 0 radical (unpaired) electrons. The van der Waals surface area contributed by atoms with Gasteiger partial charge in [-0.15, -0.1) is 0 Å². The third-order valence-corrected chi connectivity index (χ3v) is 5.59. The zero-order valence-corrected chi connectivity index (χ0v) is 15.0. The van der Waals surface area contributed by atoms with Crippen molar-refractivity contribution in [3.05, 3.63) is 54.5 Å². The van der Waals surface area contributed by atoms with E-state index in [1.807, 2.05) is 47.5 Å². The molecule has 2 aliphatic heterocycles. The lowest BCUT2D eigenvalue weighted by atomic mass is 9.79. The van der Waals surface area contributed by atoms with Gasteiger partial charge in [0.25, 0.3) is 0 Å². The summed E-state index contributed by atoms with van der Waals surface area (Å²) in [6.45, 7) is 3.64. The summed E-state index contributed by atoms with van der Waals surface area (Å²) in [5, 5.41) is 1.05. The van der Waals surface area contributed by atoms with E-state index in [2.05, 4.69) is 19.9 Å². The molecular formula is C20H21N5O2. The van der Waals surface area contributed by atoms with E-state index in [1.165, 1.54) is 0 Å². The van der Waals surface area contributed by atoms with E-state index in [4.69, 9.17) is 4.74 Å². The Morgan fingerprint density at radius 3 is 2.85 bits per heavy atom. The molecule has 3 aromatic rings. The number of nitrogens with zero attached hydrogens (tertiary/aromatic N) is 4. The fourth-order valence-electron chi connectivity index (χ4n) is 4.18. The quantitative estimate of drug-likeness (QED) is 0.775. The maximum Gasteiger partial charge on any atom is 0.410 e. The van der Waals surface area contributed by atoms with Crippen LogP contribution in [0.3, 0.4) is 0 Å². The van der Waals surface area contributed by atoms with Crippen LogP contribution >= 0.6 is 0 Å². The van der Waals surface area contributed by atoms with Crippen molar-refractivity contribution in [2.24, 2.45) is 5.41 Å². The Kier molecular flexibility index (Phi) is 3.74. The topological polar surface area (TPSA) is 74.3 Å². The molecule has 4 heterocycles. The number of aromatic amines is 1. The molecule has 7 heteroatoms. The van der Waals surface area contributed by atoms with Gasteiger partial charge in [0.1, 0.15) is 24.4 Å². The maximum absolute atomic E-state index is 12.4. The number of fused-ring (bicyclic) bond motifs is 1. The van der Waals surface area contributed by atoms with Crippen molar-refractivity contribution in [3.8, 4) is 0 Å². The number of likely N-dealkylation sites (tertiary alicyclic amines) is 1. The second-order valence-electron chi connectivity index (χ2n) is 7.51. The maximum atomic E-state index is 12.4. The van der Waals surface area contributed by atoms with E-state index in [0.29, 0.717) is 6.61 Å². The molecular weight excluding hydrogens is 342 g/mol. The monoisotopic (exact) mass is 363 g/mol. The SMILES string of the molecule is O=C(OCc1ccccc1)N1CCC2(C1)CN(c1ncnc3[nH]ccc13)C2.